The second kappa shape index (κ2) is 9.25. The molecule has 1 N–H and O–H groups in total. The van der Waals surface area contributed by atoms with Gasteiger partial charge in [-0.2, -0.15) is 0 Å². The Morgan fingerprint density at radius 2 is 1.87 bits per heavy atom. The summed E-state index contributed by atoms with van der Waals surface area (Å²) in [5.41, 5.74) is 3.62. The highest BCUT2D eigenvalue weighted by Crippen LogP contribution is 2.29. The molecular weight excluding hydrogens is 386 g/mol. The van der Waals surface area contributed by atoms with Gasteiger partial charge >= 0.3 is 0 Å². The van der Waals surface area contributed by atoms with E-state index in [0.717, 1.165) is 41.9 Å². The van der Waals surface area contributed by atoms with Crippen LogP contribution in [0.2, 0.25) is 0 Å². The van der Waals surface area contributed by atoms with Crippen LogP contribution in [0.4, 0.5) is 5.82 Å². The smallest absolute Gasteiger partial charge is 0.254 e. The molecule has 0 aliphatic carbocycles. The number of likely N-dealkylation sites (tertiary alicyclic amines) is 1. The highest BCUT2D eigenvalue weighted by atomic mass is 16.2. The fourth-order valence-electron chi connectivity index (χ4n) is 4.22. The third-order valence-corrected chi connectivity index (χ3v) is 5.99. The minimum atomic E-state index is 0.0429. The number of carbonyl (C=O) groups excluding carboxylic acids is 1. The Morgan fingerprint density at radius 3 is 2.61 bits per heavy atom. The van der Waals surface area contributed by atoms with Gasteiger partial charge in [0.15, 0.2) is 5.82 Å². The summed E-state index contributed by atoms with van der Waals surface area (Å²) >= 11 is 0. The Morgan fingerprint density at radius 1 is 1.10 bits per heavy atom. The largest absolute Gasteiger partial charge is 0.368 e. The van der Waals surface area contributed by atoms with Crippen LogP contribution in [-0.4, -0.2) is 44.9 Å². The topological polar surface area (TPSA) is 71.0 Å². The molecule has 3 heterocycles. The lowest BCUT2D eigenvalue weighted by Crippen LogP contribution is -2.51. The van der Waals surface area contributed by atoms with E-state index in [4.69, 9.17) is 0 Å². The van der Waals surface area contributed by atoms with Crippen molar-refractivity contribution in [3.63, 3.8) is 0 Å². The van der Waals surface area contributed by atoms with Crippen LogP contribution in [-0.2, 0) is 0 Å². The molecule has 3 aromatic rings. The zero-order valence-electron chi connectivity index (χ0n) is 18.4. The number of hydrogen-bond acceptors (Lipinski definition) is 5. The summed E-state index contributed by atoms with van der Waals surface area (Å²) in [7, 11) is 0. The standard InChI is InChI=1S/C25H29N5O/c1-17-7-9-20(24-26-11-5-12-27-24)21(14-17)25(31)30-13-4-6-19(3)22(30)16-29-23-10-8-18(2)15-28-23/h5,7-12,14-15,19,22H,4,6,13,16H2,1-3H3,(H,28,29)/t19-,22?/m1/s1. The monoisotopic (exact) mass is 415 g/mol. The minimum absolute atomic E-state index is 0.0429. The van der Waals surface area contributed by atoms with Gasteiger partial charge in [0.1, 0.15) is 5.82 Å². The Kier molecular flexibility index (Phi) is 6.26. The van der Waals surface area contributed by atoms with E-state index in [1.165, 1.54) is 0 Å². The Labute approximate surface area is 183 Å². The van der Waals surface area contributed by atoms with Crippen molar-refractivity contribution in [3.05, 3.63) is 71.7 Å². The van der Waals surface area contributed by atoms with Crippen molar-refractivity contribution in [1.82, 2.24) is 19.9 Å². The van der Waals surface area contributed by atoms with E-state index in [-0.39, 0.29) is 11.9 Å². The Bertz CT molecular complexity index is 1040. The van der Waals surface area contributed by atoms with Gasteiger partial charge in [0.25, 0.3) is 5.91 Å². The fourth-order valence-corrected chi connectivity index (χ4v) is 4.22. The average molecular weight is 416 g/mol. The molecule has 1 fully saturated rings. The molecule has 0 saturated carbocycles. The zero-order valence-corrected chi connectivity index (χ0v) is 18.4. The molecule has 0 radical (unpaired) electrons. The second-order valence-corrected chi connectivity index (χ2v) is 8.41. The maximum atomic E-state index is 13.8. The number of pyridine rings is 1. The second-order valence-electron chi connectivity index (χ2n) is 8.41. The van der Waals surface area contributed by atoms with E-state index in [1.54, 1.807) is 18.5 Å². The number of hydrogen-bond donors (Lipinski definition) is 1. The number of aryl methyl sites for hydroxylation is 2. The lowest BCUT2D eigenvalue weighted by atomic mass is 9.89. The van der Waals surface area contributed by atoms with Gasteiger partial charge in [-0.25, -0.2) is 15.0 Å². The first-order valence-corrected chi connectivity index (χ1v) is 10.9. The van der Waals surface area contributed by atoms with Crippen molar-refractivity contribution in [1.29, 1.82) is 0 Å². The molecule has 1 amide bonds. The molecule has 31 heavy (non-hydrogen) atoms. The molecule has 160 valence electrons. The number of nitrogens with zero attached hydrogens (tertiary/aromatic N) is 4. The van der Waals surface area contributed by atoms with Crippen molar-refractivity contribution in [2.75, 3.05) is 18.4 Å². The van der Waals surface area contributed by atoms with Gasteiger partial charge < -0.3 is 10.2 Å². The number of piperidine rings is 1. The Balaban J connectivity index is 1.61. The molecule has 6 heteroatoms. The maximum Gasteiger partial charge on any atom is 0.254 e. The first-order valence-electron chi connectivity index (χ1n) is 10.9. The van der Waals surface area contributed by atoms with E-state index in [2.05, 4.69) is 27.2 Å². The molecule has 6 nitrogen and oxygen atoms in total. The summed E-state index contributed by atoms with van der Waals surface area (Å²) < 4.78 is 0. The van der Waals surface area contributed by atoms with Gasteiger partial charge in [-0.3, -0.25) is 4.79 Å². The van der Waals surface area contributed by atoms with E-state index < -0.39 is 0 Å². The maximum absolute atomic E-state index is 13.8. The average Bonchev–Trinajstić information content (AvgIpc) is 2.79. The van der Waals surface area contributed by atoms with Crippen molar-refractivity contribution in [3.8, 4) is 11.4 Å². The van der Waals surface area contributed by atoms with Crippen LogP contribution in [0.3, 0.4) is 0 Å². The normalized spacial score (nSPS) is 18.6. The molecule has 1 aliphatic heterocycles. The van der Waals surface area contributed by atoms with Gasteiger partial charge in [0.2, 0.25) is 0 Å². The SMILES string of the molecule is Cc1ccc(NCC2[C@H](C)CCCN2C(=O)c2cc(C)ccc2-c2ncccn2)nc1. The predicted octanol–water partition coefficient (Wildman–Crippen LogP) is 4.51. The van der Waals surface area contributed by atoms with Crippen LogP contribution in [0.5, 0.6) is 0 Å². The number of aromatic nitrogens is 3. The summed E-state index contributed by atoms with van der Waals surface area (Å²) in [5, 5.41) is 3.44. The van der Waals surface area contributed by atoms with Crippen LogP contribution in [0.25, 0.3) is 11.4 Å². The summed E-state index contributed by atoms with van der Waals surface area (Å²) in [6, 6.07) is 11.8. The van der Waals surface area contributed by atoms with E-state index in [9.17, 15) is 4.79 Å². The minimum Gasteiger partial charge on any atom is -0.368 e. The number of carbonyl (C=O) groups is 1. The quantitative estimate of drug-likeness (QED) is 0.664. The van der Waals surface area contributed by atoms with Crippen LogP contribution in [0.1, 0.15) is 41.3 Å². The highest BCUT2D eigenvalue weighted by molar-refractivity contribution is 6.00. The number of amides is 1. The lowest BCUT2D eigenvalue weighted by Gasteiger charge is -2.40. The number of benzene rings is 1. The summed E-state index contributed by atoms with van der Waals surface area (Å²) in [6.07, 6.45) is 7.39. The van der Waals surface area contributed by atoms with Crippen molar-refractivity contribution < 1.29 is 4.79 Å². The van der Waals surface area contributed by atoms with Crippen LogP contribution < -0.4 is 5.32 Å². The van der Waals surface area contributed by atoms with E-state index in [1.807, 2.05) is 55.3 Å². The van der Waals surface area contributed by atoms with Gasteiger partial charge in [-0.05, 0) is 56.4 Å². The summed E-state index contributed by atoms with van der Waals surface area (Å²) in [6.45, 7) is 7.68. The predicted molar refractivity (Wildman–Crippen MR) is 123 cm³/mol. The number of rotatable bonds is 5. The van der Waals surface area contributed by atoms with Crippen LogP contribution >= 0.6 is 0 Å². The molecule has 1 aliphatic rings. The van der Waals surface area contributed by atoms with Crippen LogP contribution in [0, 0.1) is 19.8 Å². The molecule has 1 saturated heterocycles. The highest BCUT2D eigenvalue weighted by Gasteiger charge is 2.33. The molecule has 0 bridgehead atoms. The molecule has 4 rings (SSSR count). The first-order chi connectivity index (χ1) is 15.0. The van der Waals surface area contributed by atoms with Crippen LogP contribution in [0.15, 0.2) is 55.0 Å². The third kappa shape index (κ3) is 4.74. The Hall–Kier alpha value is -3.28. The third-order valence-electron chi connectivity index (χ3n) is 5.99. The molecule has 2 atom stereocenters. The molecule has 1 unspecified atom stereocenters. The molecule has 1 aromatic carbocycles. The molecule has 2 aromatic heterocycles. The molecule has 0 spiro atoms. The number of anilines is 1. The summed E-state index contributed by atoms with van der Waals surface area (Å²) in [4.78, 5) is 29.0. The molecular formula is C25H29N5O. The summed E-state index contributed by atoms with van der Waals surface area (Å²) in [5.74, 6) is 1.86. The number of nitrogens with one attached hydrogen (secondary N) is 1. The zero-order chi connectivity index (χ0) is 21.8. The lowest BCUT2D eigenvalue weighted by molar-refractivity contribution is 0.0540. The fraction of sp³-hybridized carbons (Fsp3) is 0.360. The van der Waals surface area contributed by atoms with Gasteiger partial charge in [0.05, 0.1) is 11.6 Å². The van der Waals surface area contributed by atoms with Crippen molar-refractivity contribution in [2.24, 2.45) is 5.92 Å². The van der Waals surface area contributed by atoms with Crippen molar-refractivity contribution >= 4 is 11.7 Å². The van der Waals surface area contributed by atoms with E-state index >= 15 is 0 Å². The van der Waals surface area contributed by atoms with Gasteiger partial charge in [0, 0.05) is 37.2 Å². The van der Waals surface area contributed by atoms with Gasteiger partial charge in [-0.15, -0.1) is 0 Å². The van der Waals surface area contributed by atoms with Crippen molar-refractivity contribution in [2.45, 2.75) is 39.7 Å². The first kappa shape index (κ1) is 21.0. The van der Waals surface area contributed by atoms with E-state index in [0.29, 0.717) is 23.9 Å². The van der Waals surface area contributed by atoms with Gasteiger partial charge in [-0.1, -0.05) is 30.7 Å².